The van der Waals surface area contributed by atoms with Gasteiger partial charge < -0.3 is 18.6 Å². The summed E-state index contributed by atoms with van der Waals surface area (Å²) in [6.07, 6.45) is 0. The SMILES string of the molecule is c1ccc(-c2ccc(N(c3ccccc3)c3cccc(-c4ccc5c(c4)oc4c(C6(c7ccccc7)c7ccccc7-c7ccccc76)cccc45)c3)cc2)cc1.c1ccc(-c2ccc(N(c3ccccc3)c3cccc(-c4ccc5c(c4)oc4ccc(C6(c7ccccc7)c7ccccc7-c7cc8ccccc8cc76)cc45)c3)cc2)cc1. The van der Waals surface area contributed by atoms with Gasteiger partial charge in [-0.15, -0.1) is 0 Å². The van der Waals surface area contributed by atoms with E-state index < -0.39 is 10.8 Å². The Morgan fingerprint density at radius 1 is 0.169 bits per heavy atom. The van der Waals surface area contributed by atoms with E-state index in [4.69, 9.17) is 8.83 Å². The molecule has 2 aromatic heterocycles. The summed E-state index contributed by atoms with van der Waals surface area (Å²) in [5.41, 5.74) is 33.5. The lowest BCUT2D eigenvalue weighted by molar-refractivity contribution is 0.648. The Morgan fingerprint density at radius 3 is 1.06 bits per heavy atom. The largest absolute Gasteiger partial charge is 0.456 e. The molecule has 0 saturated heterocycles. The van der Waals surface area contributed by atoms with Gasteiger partial charge in [0, 0.05) is 61.2 Å². The quantitative estimate of drug-likeness (QED) is 0.109. The molecule has 554 valence electrons. The zero-order chi connectivity index (χ0) is 78.1. The second-order valence-corrected chi connectivity index (χ2v) is 30.9. The number of hydrogen-bond acceptors (Lipinski definition) is 4. The molecule has 0 saturated carbocycles. The van der Waals surface area contributed by atoms with Crippen molar-refractivity contribution in [3.05, 3.63) is 506 Å². The van der Waals surface area contributed by atoms with Crippen molar-refractivity contribution in [1.29, 1.82) is 0 Å². The number of hydrogen-bond donors (Lipinski definition) is 0. The number of rotatable bonds is 14. The summed E-state index contributed by atoms with van der Waals surface area (Å²) in [6, 6.07) is 167. The van der Waals surface area contributed by atoms with Crippen LogP contribution in [-0.2, 0) is 10.8 Å². The second-order valence-electron chi connectivity index (χ2n) is 30.9. The molecule has 2 heterocycles. The highest BCUT2D eigenvalue weighted by Crippen LogP contribution is 2.60. The van der Waals surface area contributed by atoms with Gasteiger partial charge in [0.15, 0.2) is 0 Å². The van der Waals surface area contributed by atoms with Crippen LogP contribution >= 0.6 is 0 Å². The van der Waals surface area contributed by atoms with E-state index in [9.17, 15) is 0 Å². The molecule has 0 bridgehead atoms. The van der Waals surface area contributed by atoms with E-state index in [1.165, 1.54) is 94.2 Å². The molecule has 1 unspecified atom stereocenters. The van der Waals surface area contributed by atoms with Crippen molar-refractivity contribution in [1.82, 2.24) is 0 Å². The van der Waals surface area contributed by atoms with Crippen LogP contribution in [0.2, 0.25) is 0 Å². The van der Waals surface area contributed by atoms with E-state index >= 15 is 0 Å². The summed E-state index contributed by atoms with van der Waals surface area (Å²) in [5, 5.41) is 6.95. The monoisotopic (exact) mass is 1500 g/mol. The maximum absolute atomic E-state index is 7.09. The van der Waals surface area contributed by atoms with E-state index in [-0.39, 0.29) is 0 Å². The molecule has 2 aliphatic carbocycles. The fourth-order valence-corrected chi connectivity index (χ4v) is 19.1. The van der Waals surface area contributed by atoms with Gasteiger partial charge in [0.1, 0.15) is 22.3 Å². The molecule has 23 rings (SSSR count). The van der Waals surface area contributed by atoms with Gasteiger partial charge in [-0.1, -0.05) is 340 Å². The molecule has 0 amide bonds. The summed E-state index contributed by atoms with van der Waals surface area (Å²) in [7, 11) is 0. The van der Waals surface area contributed by atoms with Crippen molar-refractivity contribution in [2.24, 2.45) is 0 Å². The smallest absolute Gasteiger partial charge is 0.140 e. The lowest BCUT2D eigenvalue weighted by atomic mass is 9.67. The Kier molecular flexibility index (Phi) is 17.0. The van der Waals surface area contributed by atoms with Crippen LogP contribution in [0.5, 0.6) is 0 Å². The molecule has 1 atom stereocenters. The first kappa shape index (κ1) is 69.4. The Labute approximate surface area is 686 Å². The number of furan rings is 2. The van der Waals surface area contributed by atoms with Gasteiger partial charge >= 0.3 is 0 Å². The summed E-state index contributed by atoms with van der Waals surface area (Å²) in [5.74, 6) is 0. The summed E-state index contributed by atoms with van der Waals surface area (Å²) in [4.78, 5) is 4.65. The van der Waals surface area contributed by atoms with Crippen LogP contribution in [0.4, 0.5) is 34.1 Å². The molecule has 2 aliphatic rings. The number of benzene rings is 19. The van der Waals surface area contributed by atoms with Gasteiger partial charge in [0.25, 0.3) is 0 Å². The molecule has 118 heavy (non-hydrogen) atoms. The zero-order valence-electron chi connectivity index (χ0n) is 64.6. The third-order valence-electron chi connectivity index (χ3n) is 24.5. The predicted molar refractivity (Wildman–Crippen MR) is 491 cm³/mol. The molecular weight excluding hydrogens is 1430 g/mol. The number of para-hydroxylation sites is 3. The Hall–Kier alpha value is -15.4. The molecule has 4 heteroatoms. The molecule has 4 nitrogen and oxygen atoms in total. The van der Waals surface area contributed by atoms with Crippen molar-refractivity contribution >= 4 is 88.8 Å². The van der Waals surface area contributed by atoms with Crippen molar-refractivity contribution in [3.63, 3.8) is 0 Å². The number of anilines is 6. The van der Waals surface area contributed by atoms with Gasteiger partial charge in [0.2, 0.25) is 0 Å². The predicted octanol–water partition coefficient (Wildman–Crippen LogP) is 30.7. The van der Waals surface area contributed by atoms with Gasteiger partial charge in [0.05, 0.1) is 10.8 Å². The van der Waals surface area contributed by atoms with Crippen molar-refractivity contribution in [3.8, 4) is 66.8 Å². The molecule has 0 N–H and O–H groups in total. The van der Waals surface area contributed by atoms with Crippen LogP contribution in [0.25, 0.3) is 121 Å². The van der Waals surface area contributed by atoms with Crippen LogP contribution in [0.15, 0.2) is 470 Å². The fourth-order valence-electron chi connectivity index (χ4n) is 19.1. The maximum atomic E-state index is 7.09. The normalized spacial score (nSPS) is 13.5. The average Bonchev–Trinajstić information content (AvgIpc) is 1.53. The van der Waals surface area contributed by atoms with Gasteiger partial charge in [-0.05, 0) is 238 Å². The highest BCUT2D eigenvalue weighted by molar-refractivity contribution is 6.10. The fraction of sp³-hybridized carbons (Fsp3) is 0.0175. The van der Waals surface area contributed by atoms with Crippen molar-refractivity contribution in [2.75, 3.05) is 9.80 Å². The molecule has 0 fully saturated rings. The topological polar surface area (TPSA) is 32.8 Å². The first-order valence-corrected chi connectivity index (χ1v) is 40.6. The highest BCUT2D eigenvalue weighted by atomic mass is 16.3. The highest BCUT2D eigenvalue weighted by Gasteiger charge is 2.49. The zero-order valence-corrected chi connectivity index (χ0v) is 64.6. The van der Waals surface area contributed by atoms with Crippen LogP contribution in [-0.4, -0.2) is 0 Å². The van der Waals surface area contributed by atoms with Crippen molar-refractivity contribution < 1.29 is 8.83 Å². The lowest BCUT2D eigenvalue weighted by Crippen LogP contribution is -2.28. The lowest BCUT2D eigenvalue weighted by Gasteiger charge is -2.34. The minimum atomic E-state index is -0.542. The molecule has 0 spiro atoms. The van der Waals surface area contributed by atoms with Gasteiger partial charge in [-0.25, -0.2) is 0 Å². The Bertz CT molecular complexity index is 7300. The second kappa shape index (κ2) is 28.9. The average molecular weight is 1510 g/mol. The van der Waals surface area contributed by atoms with E-state index in [1.807, 2.05) is 0 Å². The maximum Gasteiger partial charge on any atom is 0.140 e. The van der Waals surface area contributed by atoms with E-state index in [0.29, 0.717) is 0 Å². The molecule has 19 aromatic carbocycles. The third-order valence-corrected chi connectivity index (χ3v) is 24.5. The number of fused-ring (bicyclic) bond motifs is 13. The molecule has 0 aliphatic heterocycles. The summed E-state index contributed by atoms with van der Waals surface area (Å²) in [6.45, 7) is 0. The number of nitrogens with zero attached hydrogens (tertiary/aromatic N) is 2. The first-order valence-electron chi connectivity index (χ1n) is 40.6. The molecule has 0 radical (unpaired) electrons. The van der Waals surface area contributed by atoms with Crippen LogP contribution in [0, 0.1) is 0 Å². The third kappa shape index (κ3) is 11.6. The van der Waals surface area contributed by atoms with Crippen LogP contribution in [0.3, 0.4) is 0 Å². The van der Waals surface area contributed by atoms with Crippen LogP contribution < -0.4 is 9.80 Å². The Balaban J connectivity index is 0.000000143. The van der Waals surface area contributed by atoms with E-state index in [0.717, 1.165) is 106 Å². The van der Waals surface area contributed by atoms with E-state index in [1.54, 1.807) is 0 Å². The van der Waals surface area contributed by atoms with Crippen molar-refractivity contribution in [2.45, 2.75) is 10.8 Å². The molecular formula is C114H76N2O2. The summed E-state index contributed by atoms with van der Waals surface area (Å²) < 4.78 is 13.8. The standard InChI is InChI=1S/C59H39NO.C55H37NO/c1-4-15-40(16-5-1)41-27-31-49(32-28-41)60(48-22-8-3-9-23-48)50-24-14-19-42(35-50)45-29-33-52-54-39-47(30-34-57(54)61-58(52)38-45)59(46-20-6-2-7-21-46)55-26-13-12-25-51(55)53-36-43-17-10-11-18-44(43)37-56(53)59;1-4-16-38(17-5-1)39-30-33-44(34-31-39)56(43-21-8-3-9-22-43)45-23-14-18-40(36-45)41-32-35-48-49-26-15-29-52(54(49)57-53(48)37-41)55(42-19-6-2-7-20-42)50-27-12-10-24-46(50)47-25-11-13-28-51(47)55/h1-39H;1-37H. The van der Waals surface area contributed by atoms with Crippen LogP contribution in [0.1, 0.15) is 44.5 Å². The Morgan fingerprint density at radius 2 is 0.534 bits per heavy atom. The summed E-state index contributed by atoms with van der Waals surface area (Å²) >= 11 is 0. The minimum absolute atomic E-state index is 0.512. The van der Waals surface area contributed by atoms with Gasteiger partial charge in [-0.2, -0.15) is 0 Å². The van der Waals surface area contributed by atoms with E-state index in [2.05, 4.69) is 471 Å². The van der Waals surface area contributed by atoms with Gasteiger partial charge in [-0.3, -0.25) is 0 Å². The first-order chi connectivity index (χ1) is 58.5. The molecule has 21 aromatic rings. The minimum Gasteiger partial charge on any atom is -0.456 e.